The minimum Gasteiger partial charge on any atom is -0.335 e. The number of benzene rings is 1. The fraction of sp³-hybridized carbons (Fsp3) is 0.333. The molecule has 2 aromatic rings. The number of nitrogens with one attached hydrogen (secondary N) is 3. The van der Waals surface area contributed by atoms with E-state index in [-0.39, 0.29) is 12.1 Å². The van der Waals surface area contributed by atoms with Crippen LogP contribution in [0.15, 0.2) is 42.7 Å². The third-order valence-electron chi connectivity index (χ3n) is 4.04. The van der Waals surface area contributed by atoms with Gasteiger partial charge in [-0.15, -0.1) is 0 Å². The minimum atomic E-state index is -0.135. The SMILES string of the molecule is C[C@H](NCc1ccncc1Cl)c1ccc(NC(=O)NC2CC2)cc1. The van der Waals surface area contributed by atoms with Crippen LogP contribution in [0.4, 0.5) is 10.5 Å². The number of hydrogen-bond acceptors (Lipinski definition) is 3. The summed E-state index contributed by atoms with van der Waals surface area (Å²) < 4.78 is 0. The standard InChI is InChI=1S/C18H21ClN4O/c1-12(21-10-14-8-9-20-11-17(14)19)13-2-4-15(5-3-13)22-18(24)23-16-6-7-16/h2-5,8-9,11-12,16,21H,6-7,10H2,1H3,(H2,22,23,24)/t12-/m0/s1. The first-order valence-electron chi connectivity index (χ1n) is 8.11. The maximum absolute atomic E-state index is 11.7. The Labute approximate surface area is 146 Å². The molecule has 1 aliphatic carbocycles. The molecule has 3 rings (SSSR count). The predicted molar refractivity (Wildman–Crippen MR) is 96.1 cm³/mol. The van der Waals surface area contributed by atoms with Crippen molar-refractivity contribution >= 4 is 23.3 Å². The molecule has 0 spiro atoms. The van der Waals surface area contributed by atoms with E-state index < -0.39 is 0 Å². The quantitative estimate of drug-likeness (QED) is 0.745. The molecule has 1 atom stereocenters. The van der Waals surface area contributed by atoms with Gasteiger partial charge in [0.25, 0.3) is 0 Å². The van der Waals surface area contributed by atoms with Crippen molar-refractivity contribution in [2.75, 3.05) is 5.32 Å². The molecule has 1 fully saturated rings. The molecule has 1 aromatic carbocycles. The van der Waals surface area contributed by atoms with Crippen LogP contribution in [0.2, 0.25) is 5.02 Å². The molecule has 1 heterocycles. The number of rotatable bonds is 6. The van der Waals surface area contributed by atoms with Crippen molar-refractivity contribution < 1.29 is 4.79 Å². The van der Waals surface area contributed by atoms with Crippen molar-refractivity contribution in [1.29, 1.82) is 0 Å². The van der Waals surface area contributed by atoms with E-state index in [0.717, 1.165) is 29.7 Å². The lowest BCUT2D eigenvalue weighted by Crippen LogP contribution is -2.30. The van der Waals surface area contributed by atoms with E-state index in [9.17, 15) is 4.79 Å². The summed E-state index contributed by atoms with van der Waals surface area (Å²) in [5.41, 5.74) is 2.96. The first-order chi connectivity index (χ1) is 11.6. The molecule has 1 aliphatic rings. The second kappa shape index (κ2) is 7.64. The molecule has 5 nitrogen and oxygen atoms in total. The van der Waals surface area contributed by atoms with Crippen LogP contribution in [-0.2, 0) is 6.54 Å². The lowest BCUT2D eigenvalue weighted by Gasteiger charge is -2.15. The van der Waals surface area contributed by atoms with Gasteiger partial charge in [0.2, 0.25) is 0 Å². The highest BCUT2D eigenvalue weighted by atomic mass is 35.5. The summed E-state index contributed by atoms with van der Waals surface area (Å²) in [6.07, 6.45) is 5.55. The van der Waals surface area contributed by atoms with Crippen LogP contribution >= 0.6 is 11.6 Å². The highest BCUT2D eigenvalue weighted by Crippen LogP contribution is 2.20. The van der Waals surface area contributed by atoms with E-state index in [2.05, 4.69) is 27.9 Å². The van der Waals surface area contributed by atoms with Gasteiger partial charge in [-0.2, -0.15) is 0 Å². The minimum absolute atomic E-state index is 0.135. The van der Waals surface area contributed by atoms with Crippen LogP contribution < -0.4 is 16.0 Å². The summed E-state index contributed by atoms with van der Waals surface area (Å²) in [5, 5.41) is 9.86. The van der Waals surface area contributed by atoms with Crippen molar-refractivity contribution in [3.05, 3.63) is 58.9 Å². The van der Waals surface area contributed by atoms with Crippen molar-refractivity contribution in [2.24, 2.45) is 0 Å². The molecule has 1 aromatic heterocycles. The number of halogens is 1. The number of aromatic nitrogens is 1. The molecule has 1 saturated carbocycles. The van der Waals surface area contributed by atoms with E-state index in [1.165, 1.54) is 0 Å². The van der Waals surface area contributed by atoms with E-state index in [4.69, 9.17) is 11.6 Å². The van der Waals surface area contributed by atoms with Gasteiger partial charge in [0.05, 0.1) is 5.02 Å². The molecule has 24 heavy (non-hydrogen) atoms. The Morgan fingerprint density at radius 2 is 2.04 bits per heavy atom. The van der Waals surface area contributed by atoms with Gasteiger partial charge in [0.15, 0.2) is 0 Å². The Balaban J connectivity index is 1.52. The van der Waals surface area contributed by atoms with Crippen molar-refractivity contribution in [1.82, 2.24) is 15.6 Å². The van der Waals surface area contributed by atoms with Crippen LogP contribution in [0, 0.1) is 0 Å². The second-order valence-corrected chi connectivity index (χ2v) is 6.47. The summed E-state index contributed by atoms with van der Waals surface area (Å²) in [4.78, 5) is 15.7. The predicted octanol–water partition coefficient (Wildman–Crippen LogP) is 3.87. The average molecular weight is 345 g/mol. The van der Waals surface area contributed by atoms with Crippen molar-refractivity contribution in [3.63, 3.8) is 0 Å². The van der Waals surface area contributed by atoms with E-state index in [1.54, 1.807) is 12.4 Å². The van der Waals surface area contributed by atoms with Gasteiger partial charge in [-0.3, -0.25) is 4.98 Å². The van der Waals surface area contributed by atoms with Crippen LogP contribution in [0.25, 0.3) is 0 Å². The molecule has 3 N–H and O–H groups in total. The number of carbonyl (C=O) groups excluding carboxylic acids is 1. The number of pyridine rings is 1. The van der Waals surface area contributed by atoms with Gasteiger partial charge >= 0.3 is 6.03 Å². The third-order valence-corrected chi connectivity index (χ3v) is 4.38. The van der Waals surface area contributed by atoms with E-state index in [0.29, 0.717) is 17.6 Å². The van der Waals surface area contributed by atoms with E-state index in [1.807, 2.05) is 30.3 Å². The van der Waals surface area contributed by atoms with Crippen LogP contribution in [-0.4, -0.2) is 17.1 Å². The highest BCUT2D eigenvalue weighted by molar-refractivity contribution is 6.31. The molecule has 0 radical (unpaired) electrons. The Morgan fingerprint density at radius 3 is 2.71 bits per heavy atom. The van der Waals surface area contributed by atoms with Crippen molar-refractivity contribution in [2.45, 2.75) is 38.4 Å². The van der Waals surface area contributed by atoms with Gasteiger partial charge in [-0.25, -0.2) is 4.79 Å². The number of hydrogen-bond donors (Lipinski definition) is 3. The molecule has 0 saturated heterocycles. The van der Waals surface area contributed by atoms with Gasteiger partial charge in [-0.1, -0.05) is 23.7 Å². The Bertz CT molecular complexity index is 700. The van der Waals surface area contributed by atoms with Gasteiger partial charge in [-0.05, 0) is 49.1 Å². The number of urea groups is 1. The Morgan fingerprint density at radius 1 is 1.29 bits per heavy atom. The van der Waals surface area contributed by atoms with Crippen LogP contribution in [0.1, 0.15) is 36.9 Å². The lowest BCUT2D eigenvalue weighted by atomic mass is 10.1. The van der Waals surface area contributed by atoms with E-state index >= 15 is 0 Å². The Kier molecular flexibility index (Phi) is 5.33. The number of carbonyl (C=O) groups is 1. The fourth-order valence-electron chi connectivity index (χ4n) is 2.36. The summed E-state index contributed by atoms with van der Waals surface area (Å²) in [7, 11) is 0. The molecule has 0 unspecified atom stereocenters. The molecule has 6 heteroatoms. The summed E-state index contributed by atoms with van der Waals surface area (Å²) in [6.45, 7) is 2.77. The van der Waals surface area contributed by atoms with Gasteiger partial charge in [0.1, 0.15) is 0 Å². The monoisotopic (exact) mass is 344 g/mol. The number of nitrogens with zero attached hydrogens (tertiary/aromatic N) is 1. The zero-order valence-corrected chi connectivity index (χ0v) is 14.3. The fourth-order valence-corrected chi connectivity index (χ4v) is 2.55. The van der Waals surface area contributed by atoms with Crippen LogP contribution in [0.5, 0.6) is 0 Å². The zero-order valence-electron chi connectivity index (χ0n) is 13.6. The maximum atomic E-state index is 11.7. The molecule has 0 bridgehead atoms. The smallest absolute Gasteiger partial charge is 0.319 e. The highest BCUT2D eigenvalue weighted by Gasteiger charge is 2.23. The molecular formula is C18H21ClN4O. The number of amides is 2. The maximum Gasteiger partial charge on any atom is 0.319 e. The summed E-state index contributed by atoms with van der Waals surface area (Å²) >= 11 is 6.11. The Hall–Kier alpha value is -2.11. The zero-order chi connectivity index (χ0) is 16.9. The van der Waals surface area contributed by atoms with Crippen molar-refractivity contribution in [3.8, 4) is 0 Å². The number of anilines is 1. The normalized spacial score (nSPS) is 14.9. The molecule has 126 valence electrons. The van der Waals surface area contributed by atoms with Gasteiger partial charge in [0, 0.05) is 36.7 Å². The topological polar surface area (TPSA) is 66.0 Å². The first kappa shape index (κ1) is 16.7. The summed E-state index contributed by atoms with van der Waals surface area (Å²) in [5.74, 6) is 0. The van der Waals surface area contributed by atoms with Crippen LogP contribution in [0.3, 0.4) is 0 Å². The second-order valence-electron chi connectivity index (χ2n) is 6.06. The summed E-state index contributed by atoms with van der Waals surface area (Å²) in [6, 6.07) is 10.2. The first-order valence-corrected chi connectivity index (χ1v) is 8.49. The molecular weight excluding hydrogens is 324 g/mol. The third kappa shape index (κ3) is 4.69. The lowest BCUT2D eigenvalue weighted by molar-refractivity contribution is 0.251. The molecule has 0 aliphatic heterocycles. The largest absolute Gasteiger partial charge is 0.335 e. The molecule has 2 amide bonds. The average Bonchev–Trinajstić information content (AvgIpc) is 3.38. The van der Waals surface area contributed by atoms with Gasteiger partial charge < -0.3 is 16.0 Å².